The number of amides is 1. The average Bonchev–Trinajstić information content (AvgIpc) is 3.16. The van der Waals surface area contributed by atoms with Gasteiger partial charge in [-0.1, -0.05) is 5.59 Å². The van der Waals surface area contributed by atoms with Crippen molar-refractivity contribution in [2.45, 2.75) is 56.6 Å². The molecule has 1 aromatic carbocycles. The van der Waals surface area contributed by atoms with Gasteiger partial charge in [0.15, 0.2) is 0 Å². The first-order chi connectivity index (χ1) is 14.2. The number of hydrazine groups is 1. The van der Waals surface area contributed by atoms with Crippen LogP contribution < -0.4 is 10.6 Å². The molecule has 0 aliphatic carbocycles. The molecule has 0 atom stereocenters. The van der Waals surface area contributed by atoms with Crippen molar-refractivity contribution in [2.75, 3.05) is 31.0 Å². The Kier molecular flexibility index (Phi) is 7.49. The summed E-state index contributed by atoms with van der Waals surface area (Å²) < 4.78 is 25.3. The van der Waals surface area contributed by atoms with Crippen molar-refractivity contribution in [1.82, 2.24) is 10.5 Å². The summed E-state index contributed by atoms with van der Waals surface area (Å²) in [6.45, 7) is 7.38. The number of halogens is 1. The van der Waals surface area contributed by atoms with Crippen molar-refractivity contribution in [2.24, 2.45) is 0 Å². The number of carbonyl (C=O) groups excluding carboxylic acids is 1. The third-order valence-corrected chi connectivity index (χ3v) is 5.53. The van der Waals surface area contributed by atoms with Crippen molar-refractivity contribution >= 4 is 23.5 Å². The van der Waals surface area contributed by atoms with Crippen LogP contribution in [0.3, 0.4) is 0 Å². The minimum absolute atomic E-state index is 0.114. The number of likely N-dealkylation sites (tertiary alicyclic amines) is 1. The molecule has 0 saturated carbocycles. The molecule has 2 heterocycles. The van der Waals surface area contributed by atoms with Crippen LogP contribution in [-0.2, 0) is 14.3 Å². The summed E-state index contributed by atoms with van der Waals surface area (Å²) >= 11 is 1.37. The number of nitrogens with zero attached hydrogens (tertiary/aromatic N) is 2. The van der Waals surface area contributed by atoms with Crippen molar-refractivity contribution in [1.29, 1.82) is 0 Å². The molecule has 9 heteroatoms. The van der Waals surface area contributed by atoms with Crippen LogP contribution in [0.15, 0.2) is 35.1 Å². The van der Waals surface area contributed by atoms with Crippen LogP contribution in [0.25, 0.3) is 0 Å². The summed E-state index contributed by atoms with van der Waals surface area (Å²) in [7, 11) is 0. The normalized spacial score (nSPS) is 17.7. The number of anilines is 1. The zero-order chi connectivity index (χ0) is 21.7. The largest absolute Gasteiger partial charge is 0.444 e. The summed E-state index contributed by atoms with van der Waals surface area (Å²) in [6.07, 6.45) is 5.65. The van der Waals surface area contributed by atoms with E-state index in [0.717, 1.165) is 18.6 Å². The second-order valence-electron chi connectivity index (χ2n) is 8.27. The van der Waals surface area contributed by atoms with Gasteiger partial charge in [0.2, 0.25) is 0 Å². The van der Waals surface area contributed by atoms with Gasteiger partial charge in [0.05, 0.1) is 24.6 Å². The van der Waals surface area contributed by atoms with Gasteiger partial charge in [0.1, 0.15) is 17.2 Å². The van der Waals surface area contributed by atoms with Gasteiger partial charge in [0, 0.05) is 30.5 Å². The van der Waals surface area contributed by atoms with Crippen molar-refractivity contribution in [3.05, 3.63) is 36.0 Å². The molecule has 2 aliphatic heterocycles. The number of thioether (sulfide) groups is 1. The van der Waals surface area contributed by atoms with Gasteiger partial charge in [-0.15, -0.1) is 11.8 Å². The van der Waals surface area contributed by atoms with Crippen LogP contribution in [0, 0.1) is 5.82 Å². The molecule has 1 aromatic rings. The summed E-state index contributed by atoms with van der Waals surface area (Å²) in [5, 5.41) is 1.64. The lowest BCUT2D eigenvalue weighted by Crippen LogP contribution is -2.43. The first kappa shape index (κ1) is 22.7. The van der Waals surface area contributed by atoms with Gasteiger partial charge in [-0.3, -0.25) is 0 Å². The molecule has 0 radical (unpaired) electrons. The summed E-state index contributed by atoms with van der Waals surface area (Å²) in [5.74, 6) is 0.459. The Morgan fingerprint density at radius 3 is 2.70 bits per heavy atom. The second kappa shape index (κ2) is 9.89. The van der Waals surface area contributed by atoms with E-state index in [-0.39, 0.29) is 18.0 Å². The van der Waals surface area contributed by atoms with E-state index in [4.69, 9.17) is 14.3 Å². The highest BCUT2D eigenvalue weighted by atomic mass is 32.2. The number of benzene rings is 1. The topological polar surface area (TPSA) is 63.3 Å². The number of hydrogen-bond acceptors (Lipinski definition) is 7. The van der Waals surface area contributed by atoms with Crippen LogP contribution in [0.5, 0.6) is 0 Å². The molecule has 30 heavy (non-hydrogen) atoms. The van der Waals surface area contributed by atoms with Crippen LogP contribution in [0.4, 0.5) is 14.9 Å². The number of nitrogens with one attached hydrogen (secondary N) is 1. The van der Waals surface area contributed by atoms with E-state index >= 15 is 0 Å². The first-order valence-electron chi connectivity index (χ1n) is 10.1. The van der Waals surface area contributed by atoms with Crippen LogP contribution in [0.2, 0.25) is 0 Å². The molecule has 7 nitrogen and oxygen atoms in total. The standard InChI is InChI=1S/C21H30FN3O4S/c1-21(2,3)28-20(26)24-10-7-16(8-11-24)27-12-9-17-14-25(23-29-17)15-5-6-19(30-4)18(22)13-15/h5-6,13-14,16,23H,7-12H2,1-4H3. The molecule has 0 bridgehead atoms. The minimum Gasteiger partial charge on any atom is -0.444 e. The smallest absolute Gasteiger partial charge is 0.410 e. The van der Waals surface area contributed by atoms with Crippen molar-refractivity contribution in [3.8, 4) is 0 Å². The number of carbonyl (C=O) groups is 1. The fraction of sp³-hybridized carbons (Fsp3) is 0.571. The highest BCUT2D eigenvalue weighted by Crippen LogP contribution is 2.26. The van der Waals surface area contributed by atoms with Crippen molar-refractivity contribution < 1.29 is 23.5 Å². The lowest BCUT2D eigenvalue weighted by molar-refractivity contribution is -0.0133. The summed E-state index contributed by atoms with van der Waals surface area (Å²) in [4.78, 5) is 19.9. The van der Waals surface area contributed by atoms with E-state index < -0.39 is 5.60 Å². The van der Waals surface area contributed by atoms with Crippen LogP contribution >= 0.6 is 11.8 Å². The molecule has 1 N–H and O–H groups in total. The number of ether oxygens (including phenoxy) is 2. The van der Waals surface area contributed by atoms with E-state index in [2.05, 4.69) is 5.59 Å². The third kappa shape index (κ3) is 6.26. The van der Waals surface area contributed by atoms with Gasteiger partial charge in [-0.2, -0.15) is 0 Å². The maximum absolute atomic E-state index is 14.0. The summed E-state index contributed by atoms with van der Waals surface area (Å²) in [6, 6.07) is 5.05. The fourth-order valence-corrected chi connectivity index (χ4v) is 3.67. The fourth-order valence-electron chi connectivity index (χ4n) is 3.21. The lowest BCUT2D eigenvalue weighted by Gasteiger charge is -2.33. The average molecular weight is 440 g/mol. The maximum atomic E-state index is 14.0. The molecule has 3 rings (SSSR count). The number of hydrogen-bond donors (Lipinski definition) is 1. The monoisotopic (exact) mass is 439 g/mol. The molecule has 2 aliphatic rings. The molecule has 1 saturated heterocycles. The minimum atomic E-state index is -0.482. The molecule has 1 fully saturated rings. The Hall–Kier alpha value is -1.97. The molecular formula is C21H30FN3O4S. The first-order valence-corrected chi connectivity index (χ1v) is 11.3. The zero-order valence-corrected chi connectivity index (χ0v) is 18.8. The van der Waals surface area contributed by atoms with E-state index in [1.165, 1.54) is 17.8 Å². The number of piperidine rings is 1. The van der Waals surface area contributed by atoms with Gasteiger partial charge < -0.3 is 19.2 Å². The van der Waals surface area contributed by atoms with Crippen LogP contribution in [0.1, 0.15) is 40.0 Å². The van der Waals surface area contributed by atoms with Gasteiger partial charge in [-0.05, 0) is 52.0 Å². The molecule has 1 amide bonds. The quantitative estimate of drug-likeness (QED) is 0.657. The molecule has 0 spiro atoms. The third-order valence-electron chi connectivity index (χ3n) is 4.76. The Bertz CT molecular complexity index is 776. The Morgan fingerprint density at radius 2 is 2.07 bits per heavy atom. The van der Waals surface area contributed by atoms with Crippen molar-refractivity contribution in [3.63, 3.8) is 0 Å². The Morgan fingerprint density at radius 1 is 1.33 bits per heavy atom. The maximum Gasteiger partial charge on any atom is 0.410 e. The highest BCUT2D eigenvalue weighted by molar-refractivity contribution is 7.98. The predicted octanol–water partition coefficient (Wildman–Crippen LogP) is 4.45. The van der Waals surface area contributed by atoms with E-state index in [9.17, 15) is 9.18 Å². The molecule has 0 unspecified atom stereocenters. The van der Waals surface area contributed by atoms with E-state index in [0.29, 0.717) is 36.7 Å². The second-order valence-corrected chi connectivity index (χ2v) is 9.11. The van der Waals surface area contributed by atoms with Gasteiger partial charge >= 0.3 is 6.09 Å². The molecule has 166 valence electrons. The van der Waals surface area contributed by atoms with Gasteiger partial charge in [0.25, 0.3) is 0 Å². The lowest BCUT2D eigenvalue weighted by atomic mass is 10.1. The van der Waals surface area contributed by atoms with E-state index in [1.807, 2.05) is 33.1 Å². The number of rotatable bonds is 6. The molecular weight excluding hydrogens is 409 g/mol. The molecule has 0 aromatic heterocycles. The van der Waals surface area contributed by atoms with Gasteiger partial charge in [-0.25, -0.2) is 14.2 Å². The SMILES string of the molecule is CSc1ccc(N2C=C(CCOC3CCN(C(=O)OC(C)(C)C)CC3)ON2)cc1F. The Balaban J connectivity index is 1.39. The highest BCUT2D eigenvalue weighted by Gasteiger charge is 2.27. The van der Waals surface area contributed by atoms with E-state index in [1.54, 1.807) is 22.2 Å². The predicted molar refractivity (Wildman–Crippen MR) is 114 cm³/mol. The zero-order valence-electron chi connectivity index (χ0n) is 17.9. The summed E-state index contributed by atoms with van der Waals surface area (Å²) in [5.41, 5.74) is 2.95. The van der Waals surface area contributed by atoms with Crippen LogP contribution in [-0.4, -0.2) is 48.7 Å². The Labute approximate surface area is 181 Å².